The molecule has 0 amide bonds. The van der Waals surface area contributed by atoms with E-state index < -0.39 is 0 Å². The van der Waals surface area contributed by atoms with Gasteiger partial charge >= 0.3 is 0 Å². The fourth-order valence-electron chi connectivity index (χ4n) is 7.36. The van der Waals surface area contributed by atoms with Crippen LogP contribution in [-0.2, 0) is 0 Å². The summed E-state index contributed by atoms with van der Waals surface area (Å²) < 4.78 is 2.68. The van der Waals surface area contributed by atoms with Crippen LogP contribution in [0.4, 0.5) is 0 Å². The van der Waals surface area contributed by atoms with E-state index >= 15 is 0 Å². The van der Waals surface area contributed by atoms with Crippen molar-refractivity contribution >= 4 is 64.1 Å². The molecule has 10 aromatic rings. The fraction of sp³-hybridized carbons (Fsp3) is 0. The minimum Gasteiger partial charge on any atom is -0.252 e. The molecule has 228 valence electrons. The normalized spacial score (nSPS) is 11.7. The summed E-state index contributed by atoms with van der Waals surface area (Å²) in [7, 11) is 0. The van der Waals surface area contributed by atoms with Gasteiger partial charge in [0.1, 0.15) is 0 Å². The second-order valence-corrected chi connectivity index (χ2v) is 13.6. The maximum Gasteiger partial charge on any atom is 0.0971 e. The smallest absolute Gasteiger partial charge is 0.0971 e. The zero-order chi connectivity index (χ0) is 32.3. The van der Waals surface area contributed by atoms with Crippen molar-refractivity contribution in [2.45, 2.75) is 0 Å². The minimum absolute atomic E-state index is 0.941. The quantitative estimate of drug-likeness (QED) is 0.179. The van der Waals surface area contributed by atoms with Gasteiger partial charge < -0.3 is 0 Å². The predicted molar refractivity (Wildman–Crippen MR) is 209 cm³/mol. The largest absolute Gasteiger partial charge is 0.252 e. The first-order valence-corrected chi connectivity index (χ1v) is 17.4. The Bertz CT molecular complexity index is 2830. The molecule has 0 saturated heterocycles. The van der Waals surface area contributed by atoms with Crippen LogP contribution < -0.4 is 0 Å². The van der Waals surface area contributed by atoms with Gasteiger partial charge in [-0.15, -0.1) is 11.3 Å². The van der Waals surface area contributed by atoms with Crippen LogP contribution in [0, 0.1) is 0 Å². The molecule has 0 atom stereocenters. The Hall–Kier alpha value is -6.16. The molecule has 10 rings (SSSR count). The maximum atomic E-state index is 4.76. The first-order valence-electron chi connectivity index (χ1n) is 16.6. The summed E-state index contributed by atoms with van der Waals surface area (Å²) in [5, 5.41) is 7.33. The van der Waals surface area contributed by atoms with Crippen LogP contribution >= 0.6 is 11.3 Å². The highest BCUT2D eigenvalue weighted by Crippen LogP contribution is 2.41. The van der Waals surface area contributed by atoms with Crippen molar-refractivity contribution in [3.63, 3.8) is 0 Å². The van der Waals surface area contributed by atoms with Crippen molar-refractivity contribution in [2.24, 2.45) is 0 Å². The third kappa shape index (κ3) is 4.62. The lowest BCUT2D eigenvalue weighted by Crippen LogP contribution is -1.89. The summed E-state index contributed by atoms with van der Waals surface area (Å²) >= 11 is 1.88. The molecule has 3 heteroatoms. The van der Waals surface area contributed by atoms with Gasteiger partial charge in [-0.3, -0.25) is 9.97 Å². The van der Waals surface area contributed by atoms with E-state index in [-0.39, 0.29) is 0 Å². The zero-order valence-electron chi connectivity index (χ0n) is 26.5. The van der Waals surface area contributed by atoms with Crippen molar-refractivity contribution in [1.82, 2.24) is 9.97 Å². The van der Waals surface area contributed by atoms with E-state index in [0.717, 1.165) is 21.8 Å². The van der Waals surface area contributed by atoms with Gasteiger partial charge in [-0.25, -0.2) is 0 Å². The van der Waals surface area contributed by atoms with Crippen LogP contribution in [0.25, 0.3) is 97.3 Å². The standard InChI is InChI=1S/C46H28N2S/c1-2-11-40-37(9-1)38-24-23-35(28-42(38)45-44(40)47-25-26-48-45)31-17-15-29(16-18-31)33-7-5-8-34(27-33)30-19-21-32(22-20-30)36-12-6-13-41-39-10-3-4-14-43(39)49-46(36)41/h1-28H. The second-order valence-electron chi connectivity index (χ2n) is 12.6. The summed E-state index contributed by atoms with van der Waals surface area (Å²) in [4.78, 5) is 9.47. The van der Waals surface area contributed by atoms with E-state index in [1.54, 1.807) is 12.4 Å². The van der Waals surface area contributed by atoms with Crippen LogP contribution in [-0.4, -0.2) is 9.97 Å². The number of hydrogen-bond acceptors (Lipinski definition) is 3. The zero-order valence-corrected chi connectivity index (χ0v) is 27.3. The number of thiophene rings is 1. The van der Waals surface area contributed by atoms with Crippen LogP contribution in [0.3, 0.4) is 0 Å². The Balaban J connectivity index is 0.963. The van der Waals surface area contributed by atoms with Crippen molar-refractivity contribution in [1.29, 1.82) is 0 Å². The van der Waals surface area contributed by atoms with Crippen molar-refractivity contribution in [2.75, 3.05) is 0 Å². The van der Waals surface area contributed by atoms with Crippen LogP contribution in [0.5, 0.6) is 0 Å². The molecule has 0 spiro atoms. The highest BCUT2D eigenvalue weighted by molar-refractivity contribution is 7.26. The van der Waals surface area contributed by atoms with Gasteiger partial charge in [0.15, 0.2) is 0 Å². The summed E-state index contributed by atoms with van der Waals surface area (Å²) in [6, 6.07) is 57.3. The van der Waals surface area contributed by atoms with E-state index in [2.05, 4.69) is 158 Å². The maximum absolute atomic E-state index is 4.76. The third-order valence-electron chi connectivity index (χ3n) is 9.79. The Morgan fingerprint density at radius 1 is 0.327 bits per heavy atom. The number of fused-ring (bicyclic) bond motifs is 9. The lowest BCUT2D eigenvalue weighted by Gasteiger charge is -2.11. The number of benzene rings is 8. The molecule has 0 aliphatic carbocycles. The molecule has 2 aromatic heterocycles. The Labute approximate surface area is 287 Å². The van der Waals surface area contributed by atoms with Crippen molar-refractivity contribution < 1.29 is 0 Å². The van der Waals surface area contributed by atoms with Gasteiger partial charge in [0.05, 0.1) is 11.0 Å². The van der Waals surface area contributed by atoms with Gasteiger partial charge in [-0.05, 0) is 73.5 Å². The molecule has 0 N–H and O–H groups in total. The van der Waals surface area contributed by atoms with Gasteiger partial charge in [0, 0.05) is 43.3 Å². The SMILES string of the molecule is c1cc(-c2ccc(-c3ccc4c5ccccc5c5nccnc5c4c3)cc2)cc(-c2ccc(-c3cccc4c3sc3ccccc34)cc2)c1. The lowest BCUT2D eigenvalue weighted by molar-refractivity contribution is 1.31. The first-order chi connectivity index (χ1) is 24.3. The van der Waals surface area contributed by atoms with Crippen LogP contribution in [0.1, 0.15) is 0 Å². The molecule has 0 unspecified atom stereocenters. The lowest BCUT2D eigenvalue weighted by atomic mass is 9.94. The fourth-order valence-corrected chi connectivity index (χ4v) is 8.60. The molecule has 0 fully saturated rings. The summed E-state index contributed by atoms with van der Waals surface area (Å²) in [5.41, 5.74) is 11.6. The molecular formula is C46H28N2S. The number of aromatic nitrogens is 2. The van der Waals surface area contributed by atoms with Crippen LogP contribution in [0.2, 0.25) is 0 Å². The van der Waals surface area contributed by atoms with Crippen molar-refractivity contribution in [3.05, 3.63) is 170 Å². The number of rotatable bonds is 4. The molecule has 2 nitrogen and oxygen atoms in total. The number of nitrogens with zero attached hydrogens (tertiary/aromatic N) is 2. The third-order valence-corrected chi connectivity index (χ3v) is 11.0. The minimum atomic E-state index is 0.941. The van der Waals surface area contributed by atoms with Gasteiger partial charge in [0.2, 0.25) is 0 Å². The van der Waals surface area contributed by atoms with E-state index in [1.807, 2.05) is 11.3 Å². The molecular weight excluding hydrogens is 613 g/mol. The highest BCUT2D eigenvalue weighted by atomic mass is 32.1. The van der Waals surface area contributed by atoms with Gasteiger partial charge in [0.25, 0.3) is 0 Å². The Kier molecular flexibility index (Phi) is 6.39. The second kappa shape index (κ2) is 11.2. The monoisotopic (exact) mass is 640 g/mol. The first kappa shape index (κ1) is 27.9. The van der Waals surface area contributed by atoms with E-state index in [1.165, 1.54) is 75.5 Å². The highest BCUT2D eigenvalue weighted by Gasteiger charge is 2.13. The van der Waals surface area contributed by atoms with Gasteiger partial charge in [-0.2, -0.15) is 0 Å². The average Bonchev–Trinajstić information content (AvgIpc) is 3.57. The Morgan fingerprint density at radius 3 is 1.55 bits per heavy atom. The molecule has 0 bridgehead atoms. The predicted octanol–water partition coefficient (Wildman–Crippen LogP) is 13.0. The van der Waals surface area contributed by atoms with Gasteiger partial charge in [-0.1, -0.05) is 140 Å². The Morgan fingerprint density at radius 2 is 0.837 bits per heavy atom. The van der Waals surface area contributed by atoms with Crippen LogP contribution in [0.15, 0.2) is 170 Å². The summed E-state index contributed by atoms with van der Waals surface area (Å²) in [6.07, 6.45) is 3.56. The molecule has 0 aliphatic heterocycles. The van der Waals surface area contributed by atoms with E-state index in [0.29, 0.717) is 0 Å². The number of hydrogen-bond donors (Lipinski definition) is 0. The summed E-state index contributed by atoms with van der Waals surface area (Å²) in [5.74, 6) is 0. The molecule has 0 radical (unpaired) electrons. The topological polar surface area (TPSA) is 25.8 Å². The van der Waals surface area contributed by atoms with Crippen molar-refractivity contribution in [3.8, 4) is 44.5 Å². The molecule has 8 aromatic carbocycles. The molecule has 0 aliphatic rings. The molecule has 49 heavy (non-hydrogen) atoms. The molecule has 2 heterocycles. The summed E-state index contributed by atoms with van der Waals surface area (Å²) in [6.45, 7) is 0. The molecule has 0 saturated carbocycles. The van der Waals surface area contributed by atoms with E-state index in [9.17, 15) is 0 Å². The average molecular weight is 641 g/mol. The van der Waals surface area contributed by atoms with E-state index in [4.69, 9.17) is 9.97 Å².